The molecule has 0 aromatic rings. The molecule has 174 valence electrons. The van der Waals surface area contributed by atoms with Gasteiger partial charge in [-0.3, -0.25) is 23.3 Å². The quantitative estimate of drug-likeness (QED) is 0.642. The van der Waals surface area contributed by atoms with Crippen molar-refractivity contribution in [3.8, 4) is 0 Å². The van der Waals surface area contributed by atoms with Gasteiger partial charge in [-0.15, -0.1) is 0 Å². The average Bonchev–Trinajstić information content (AvgIpc) is 3.60. The molecule has 2 N–H and O–H groups in total. The van der Waals surface area contributed by atoms with Gasteiger partial charge in [0.15, 0.2) is 0 Å². The maximum absolute atomic E-state index is 13.5. The first-order valence-electron chi connectivity index (χ1n) is 11.8. The van der Waals surface area contributed by atoms with E-state index in [2.05, 4.69) is 16.1 Å². The number of nitrogens with zero attached hydrogens (tertiary/aromatic N) is 1. The Morgan fingerprint density at radius 3 is 2.61 bits per heavy atom. The van der Waals surface area contributed by atoms with Gasteiger partial charge in [0.2, 0.25) is 11.8 Å². The zero-order valence-electron chi connectivity index (χ0n) is 18.9. The topological polar surface area (TPSA) is 95.6 Å². The first kappa shape index (κ1) is 22.5. The van der Waals surface area contributed by atoms with Crippen molar-refractivity contribution < 1.29 is 18.6 Å². The van der Waals surface area contributed by atoms with E-state index in [1.807, 2.05) is 6.08 Å². The summed E-state index contributed by atoms with van der Waals surface area (Å²) in [6, 6.07) is -0.514. The van der Waals surface area contributed by atoms with Gasteiger partial charge in [-0.25, -0.2) is 0 Å². The van der Waals surface area contributed by atoms with Gasteiger partial charge in [0.25, 0.3) is 5.91 Å². The standard InChI is InChI=1S/C23H37N3O4S/c1-31(2,30,18-13-14-18)25-22(29)23-16-17(23)10-7-5-3-4-6-8-12-20(27)26-15-9-11-19(26)21(28)24-23/h7,10,17-19H,3-6,8-9,11-16H2,1-2H3,(H,24,28)(H,25,29,30)/b10-7-/t17-,19+,23-/m1/s1. The second-order valence-corrected chi connectivity index (χ2v) is 15.2. The fraction of sp³-hybridized carbons (Fsp3) is 0.783. The van der Waals surface area contributed by atoms with Gasteiger partial charge in [-0.05, 0) is 60.6 Å². The van der Waals surface area contributed by atoms with E-state index < -0.39 is 20.8 Å². The van der Waals surface area contributed by atoms with Crippen LogP contribution in [0.3, 0.4) is 0 Å². The molecule has 4 aliphatic rings. The number of allylic oxidation sites excluding steroid dienone is 1. The van der Waals surface area contributed by atoms with Crippen LogP contribution in [-0.4, -0.2) is 62.7 Å². The second-order valence-electron chi connectivity index (χ2n) is 10.4. The molecule has 3 amide bonds. The first-order valence-corrected chi connectivity index (χ1v) is 14.7. The number of nitrogens with one attached hydrogen (secondary N) is 2. The Morgan fingerprint density at radius 2 is 1.87 bits per heavy atom. The molecule has 0 aromatic carbocycles. The van der Waals surface area contributed by atoms with E-state index in [-0.39, 0.29) is 28.9 Å². The van der Waals surface area contributed by atoms with Crippen molar-refractivity contribution in [2.75, 3.05) is 19.1 Å². The molecular formula is C23H37N3O4S. The van der Waals surface area contributed by atoms with Crippen LogP contribution in [0.5, 0.6) is 0 Å². The number of carbonyl (C=O) groups excluding carboxylic acids is 3. The molecule has 0 aromatic heterocycles. The number of rotatable bonds is 3. The highest BCUT2D eigenvalue weighted by Crippen LogP contribution is 2.47. The van der Waals surface area contributed by atoms with Crippen molar-refractivity contribution >= 4 is 27.0 Å². The molecule has 8 heteroatoms. The fourth-order valence-corrected chi connectivity index (χ4v) is 7.53. The van der Waals surface area contributed by atoms with E-state index in [0.717, 1.165) is 51.4 Å². The van der Waals surface area contributed by atoms with Crippen molar-refractivity contribution in [2.45, 2.75) is 87.5 Å². The first-order chi connectivity index (χ1) is 14.6. The lowest BCUT2D eigenvalue weighted by Gasteiger charge is -2.37. The molecule has 4 rings (SSSR count). The molecule has 2 heterocycles. The minimum absolute atomic E-state index is 0.0194. The largest absolute Gasteiger partial charge is 0.339 e. The lowest BCUT2D eigenvalue weighted by molar-refractivity contribution is -0.139. The molecule has 3 fully saturated rings. The maximum Gasteiger partial charge on any atom is 0.256 e. The van der Waals surface area contributed by atoms with E-state index >= 15 is 0 Å². The summed E-state index contributed by atoms with van der Waals surface area (Å²) < 4.78 is 16.3. The number of hydrogen-bond acceptors (Lipinski definition) is 4. The van der Waals surface area contributed by atoms with Crippen LogP contribution in [-0.2, 0) is 23.6 Å². The molecule has 0 bridgehead atoms. The fourth-order valence-electron chi connectivity index (χ4n) is 5.12. The SMILES string of the molecule is CS(C)(=O)(NC(=O)[C@@]12C[C@H]1/C=C\CCCCCCC(=O)N1CCC[C@H]1C(=O)N2)C1CC1. The van der Waals surface area contributed by atoms with E-state index in [0.29, 0.717) is 25.8 Å². The number of carbonyl (C=O) groups is 3. The third kappa shape index (κ3) is 4.73. The van der Waals surface area contributed by atoms with E-state index in [1.54, 1.807) is 17.4 Å². The normalized spacial score (nSPS) is 34.8. The summed E-state index contributed by atoms with van der Waals surface area (Å²) in [4.78, 5) is 41.0. The molecule has 0 spiro atoms. The third-order valence-corrected chi connectivity index (χ3v) is 10.6. The zero-order chi connectivity index (χ0) is 22.3. The molecule has 0 unspecified atom stereocenters. The number of fused-ring (bicyclic) bond motifs is 2. The van der Waals surface area contributed by atoms with Crippen LogP contribution in [0.1, 0.15) is 70.6 Å². The zero-order valence-corrected chi connectivity index (χ0v) is 19.7. The number of hydrogen-bond donors (Lipinski definition) is 2. The van der Waals surface area contributed by atoms with E-state index in [1.165, 1.54) is 0 Å². The third-order valence-electron chi connectivity index (χ3n) is 7.41. The molecule has 2 aliphatic carbocycles. The molecule has 0 radical (unpaired) electrons. The second kappa shape index (κ2) is 8.01. The van der Waals surface area contributed by atoms with Crippen molar-refractivity contribution in [1.29, 1.82) is 0 Å². The van der Waals surface area contributed by atoms with Crippen LogP contribution in [0.25, 0.3) is 0 Å². The highest BCUT2D eigenvalue weighted by atomic mass is 32.3. The van der Waals surface area contributed by atoms with Gasteiger partial charge >= 0.3 is 0 Å². The molecular weight excluding hydrogens is 414 g/mol. The molecule has 3 atom stereocenters. The van der Waals surface area contributed by atoms with Crippen LogP contribution in [0.4, 0.5) is 0 Å². The molecule has 31 heavy (non-hydrogen) atoms. The summed E-state index contributed by atoms with van der Waals surface area (Å²) in [6.45, 7) is 0.598. The summed E-state index contributed by atoms with van der Waals surface area (Å²) in [5.41, 5.74) is -1.06. The number of amides is 3. The summed E-state index contributed by atoms with van der Waals surface area (Å²) in [5, 5.41) is 3.03. The van der Waals surface area contributed by atoms with E-state index in [4.69, 9.17) is 0 Å². The van der Waals surface area contributed by atoms with Crippen LogP contribution >= 0.6 is 0 Å². The molecule has 1 saturated heterocycles. The summed E-state index contributed by atoms with van der Waals surface area (Å²) in [6.07, 6.45) is 16.5. The smallest absolute Gasteiger partial charge is 0.256 e. The Labute approximate surface area is 185 Å². The van der Waals surface area contributed by atoms with Gasteiger partial charge in [-0.2, -0.15) is 0 Å². The summed E-state index contributed by atoms with van der Waals surface area (Å²) in [5.74, 6) is -0.663. The van der Waals surface area contributed by atoms with Gasteiger partial charge in [0, 0.05) is 36.6 Å². The molecule has 2 aliphatic heterocycles. The van der Waals surface area contributed by atoms with Gasteiger partial charge in [0.1, 0.15) is 11.6 Å². The Kier molecular flexibility index (Phi) is 5.82. The summed E-state index contributed by atoms with van der Waals surface area (Å²) >= 11 is 0. The maximum atomic E-state index is 13.5. The van der Waals surface area contributed by atoms with Crippen LogP contribution in [0.2, 0.25) is 0 Å². The average molecular weight is 452 g/mol. The molecule has 7 nitrogen and oxygen atoms in total. The molecule has 2 saturated carbocycles. The van der Waals surface area contributed by atoms with Crippen molar-refractivity contribution in [2.24, 2.45) is 5.92 Å². The lowest BCUT2D eigenvalue weighted by atomic mass is 10.1. The van der Waals surface area contributed by atoms with Crippen molar-refractivity contribution in [1.82, 2.24) is 14.9 Å². The van der Waals surface area contributed by atoms with E-state index in [9.17, 15) is 18.6 Å². The summed E-state index contributed by atoms with van der Waals surface area (Å²) in [7, 11) is -3.28. The van der Waals surface area contributed by atoms with Crippen molar-refractivity contribution in [3.63, 3.8) is 0 Å². The lowest BCUT2D eigenvalue weighted by Crippen LogP contribution is -2.61. The van der Waals surface area contributed by atoms with Gasteiger partial charge < -0.3 is 10.2 Å². The van der Waals surface area contributed by atoms with Crippen molar-refractivity contribution in [3.05, 3.63) is 12.2 Å². The highest BCUT2D eigenvalue weighted by Gasteiger charge is 2.62. The highest BCUT2D eigenvalue weighted by molar-refractivity contribution is 8.18. The van der Waals surface area contributed by atoms with Gasteiger partial charge in [0.05, 0.1) is 0 Å². The Bertz CT molecular complexity index is 859. The van der Waals surface area contributed by atoms with Gasteiger partial charge in [-0.1, -0.05) is 25.0 Å². The van der Waals surface area contributed by atoms with Crippen LogP contribution in [0.15, 0.2) is 12.2 Å². The predicted molar refractivity (Wildman–Crippen MR) is 122 cm³/mol. The minimum Gasteiger partial charge on any atom is -0.339 e. The van der Waals surface area contributed by atoms with Crippen LogP contribution < -0.4 is 10.0 Å². The Morgan fingerprint density at radius 1 is 1.13 bits per heavy atom. The Hall–Kier alpha value is -1.70. The minimum atomic E-state index is -3.28. The predicted octanol–water partition coefficient (Wildman–Crippen LogP) is 2.04. The Balaban J connectivity index is 1.56. The van der Waals surface area contributed by atoms with Crippen LogP contribution in [0, 0.1) is 5.92 Å². The monoisotopic (exact) mass is 451 g/mol.